The number of halogens is 2. The second kappa shape index (κ2) is 11.4. The number of nitrogens with one attached hydrogen (secondary N) is 1. The predicted molar refractivity (Wildman–Crippen MR) is 141 cm³/mol. The molecule has 0 bridgehead atoms. The molecule has 196 valence electrons. The van der Waals surface area contributed by atoms with Crippen molar-refractivity contribution < 1.29 is 19.0 Å². The zero-order valence-electron chi connectivity index (χ0n) is 20.4. The van der Waals surface area contributed by atoms with Crippen LogP contribution in [0, 0.1) is 0 Å². The van der Waals surface area contributed by atoms with Crippen LogP contribution in [0.3, 0.4) is 0 Å². The molecule has 3 heterocycles. The third kappa shape index (κ3) is 5.94. The number of aromatic nitrogens is 5. The van der Waals surface area contributed by atoms with Gasteiger partial charge in [-0.25, -0.2) is 19.6 Å². The summed E-state index contributed by atoms with van der Waals surface area (Å²) in [5.74, 6) is -0.398. The van der Waals surface area contributed by atoms with Crippen molar-refractivity contribution in [1.82, 2.24) is 24.7 Å². The summed E-state index contributed by atoms with van der Waals surface area (Å²) in [6.45, 7) is 2.56. The van der Waals surface area contributed by atoms with Gasteiger partial charge in [0.15, 0.2) is 0 Å². The number of rotatable bonds is 9. The van der Waals surface area contributed by atoms with Gasteiger partial charge in [0, 0.05) is 28.8 Å². The van der Waals surface area contributed by atoms with Gasteiger partial charge in [-0.05, 0) is 42.5 Å². The maximum atomic E-state index is 11.6. The van der Waals surface area contributed by atoms with Crippen LogP contribution >= 0.6 is 23.2 Å². The van der Waals surface area contributed by atoms with Crippen molar-refractivity contribution >= 4 is 35.1 Å². The first-order valence-corrected chi connectivity index (χ1v) is 12.7. The van der Waals surface area contributed by atoms with E-state index in [1.807, 2.05) is 24.3 Å². The summed E-state index contributed by atoms with van der Waals surface area (Å²) in [5.41, 5.74) is 2.19. The number of amides is 1. The van der Waals surface area contributed by atoms with E-state index in [2.05, 4.69) is 25.4 Å². The fourth-order valence-corrected chi connectivity index (χ4v) is 4.54. The monoisotopic (exact) mass is 554 g/mol. The highest BCUT2D eigenvalue weighted by molar-refractivity contribution is 6.35. The minimum atomic E-state index is -1.18. The van der Waals surface area contributed by atoms with E-state index < -0.39 is 5.79 Å². The number of nitrogens with zero attached hydrogens (tertiary/aromatic N) is 5. The molecule has 12 heteroatoms. The standard InChI is InChI=1S/C26H24Cl2N6O4/c1-2-24(35)33-25-30-10-9-23(32-25)17-3-6-19(7-4-17)36-12-20-13-37-26(38-20,14-34-16-29-15-31-34)21-8-5-18(27)11-22(21)28/h3-11,15-16,20H,2,12-14H2,1H3,(H,30,32,33,35)/t20-,26-/m1/s1. The van der Waals surface area contributed by atoms with E-state index in [4.69, 9.17) is 37.4 Å². The number of ether oxygens (including phenoxy) is 3. The van der Waals surface area contributed by atoms with E-state index in [9.17, 15) is 4.79 Å². The van der Waals surface area contributed by atoms with Gasteiger partial charge in [0.05, 0.1) is 17.3 Å². The van der Waals surface area contributed by atoms with E-state index >= 15 is 0 Å². The maximum absolute atomic E-state index is 11.6. The van der Waals surface area contributed by atoms with Crippen LogP contribution < -0.4 is 10.1 Å². The van der Waals surface area contributed by atoms with Gasteiger partial charge in [-0.15, -0.1) is 0 Å². The van der Waals surface area contributed by atoms with E-state index in [0.29, 0.717) is 40.1 Å². The van der Waals surface area contributed by atoms with Crippen LogP contribution in [0.25, 0.3) is 11.3 Å². The van der Waals surface area contributed by atoms with Gasteiger partial charge in [-0.2, -0.15) is 5.10 Å². The Labute approximate surface area is 228 Å². The Hall–Kier alpha value is -3.57. The van der Waals surface area contributed by atoms with Gasteiger partial charge in [-0.3, -0.25) is 10.1 Å². The molecule has 2 atom stereocenters. The van der Waals surface area contributed by atoms with Crippen LogP contribution in [0.2, 0.25) is 10.0 Å². The lowest BCUT2D eigenvalue weighted by atomic mass is 10.1. The molecule has 1 amide bonds. The zero-order valence-corrected chi connectivity index (χ0v) is 21.9. The number of hydrogen-bond donors (Lipinski definition) is 1. The molecular weight excluding hydrogens is 531 g/mol. The second-order valence-corrected chi connectivity index (χ2v) is 9.37. The van der Waals surface area contributed by atoms with Crippen LogP contribution in [0.15, 0.2) is 67.4 Å². The van der Waals surface area contributed by atoms with Crippen molar-refractivity contribution in [2.75, 3.05) is 18.5 Å². The highest BCUT2D eigenvalue weighted by atomic mass is 35.5. The Morgan fingerprint density at radius 1 is 1.21 bits per heavy atom. The second-order valence-electron chi connectivity index (χ2n) is 8.52. The highest BCUT2D eigenvalue weighted by Crippen LogP contribution is 2.40. The third-order valence-corrected chi connectivity index (χ3v) is 6.40. The molecule has 5 rings (SSSR count). The zero-order chi connectivity index (χ0) is 26.5. The quantitative estimate of drug-likeness (QED) is 0.315. The van der Waals surface area contributed by atoms with Gasteiger partial charge in [-0.1, -0.05) is 36.2 Å². The average molecular weight is 555 g/mol. The lowest BCUT2D eigenvalue weighted by Crippen LogP contribution is -2.35. The van der Waals surface area contributed by atoms with Crippen LogP contribution in [0.1, 0.15) is 18.9 Å². The molecule has 2 aromatic heterocycles. The van der Waals surface area contributed by atoms with E-state index in [1.165, 1.54) is 6.33 Å². The number of carbonyl (C=O) groups is 1. The van der Waals surface area contributed by atoms with Gasteiger partial charge in [0.2, 0.25) is 17.6 Å². The van der Waals surface area contributed by atoms with Gasteiger partial charge in [0.1, 0.15) is 37.7 Å². The number of benzene rings is 2. The molecule has 2 aromatic carbocycles. The fraction of sp³-hybridized carbons (Fsp3) is 0.269. The molecule has 1 N–H and O–H groups in total. The molecule has 0 unspecified atom stereocenters. The SMILES string of the molecule is CCC(=O)Nc1nccc(-c2ccc(OC[C@@H]3CO[C@@](Cn4cncn4)(c4ccc(Cl)cc4Cl)O3)cc2)n1. The Kier molecular flexibility index (Phi) is 7.85. The number of carbonyl (C=O) groups excluding carboxylic acids is 1. The summed E-state index contributed by atoms with van der Waals surface area (Å²) in [4.78, 5) is 24.1. The van der Waals surface area contributed by atoms with Gasteiger partial charge >= 0.3 is 0 Å². The molecule has 1 fully saturated rings. The Morgan fingerprint density at radius 2 is 2.05 bits per heavy atom. The van der Waals surface area contributed by atoms with E-state index in [0.717, 1.165) is 5.56 Å². The Balaban J connectivity index is 1.25. The molecule has 38 heavy (non-hydrogen) atoms. The van der Waals surface area contributed by atoms with Crippen LogP contribution in [0.4, 0.5) is 5.95 Å². The van der Waals surface area contributed by atoms with Crippen molar-refractivity contribution in [1.29, 1.82) is 0 Å². The summed E-state index contributed by atoms with van der Waals surface area (Å²) >= 11 is 12.6. The maximum Gasteiger partial charge on any atom is 0.229 e. The minimum absolute atomic E-state index is 0.146. The first-order valence-electron chi connectivity index (χ1n) is 11.9. The van der Waals surface area contributed by atoms with Crippen molar-refractivity contribution in [3.63, 3.8) is 0 Å². The molecule has 1 aliphatic rings. The lowest BCUT2D eigenvalue weighted by Gasteiger charge is -2.29. The smallest absolute Gasteiger partial charge is 0.229 e. The summed E-state index contributed by atoms with van der Waals surface area (Å²) < 4.78 is 20.2. The fourth-order valence-electron chi connectivity index (χ4n) is 3.99. The summed E-state index contributed by atoms with van der Waals surface area (Å²) in [6.07, 6.45) is 4.62. The molecule has 0 saturated carbocycles. The summed E-state index contributed by atoms with van der Waals surface area (Å²) in [7, 11) is 0. The van der Waals surface area contributed by atoms with Crippen molar-refractivity contribution in [2.24, 2.45) is 0 Å². The summed E-state index contributed by atoms with van der Waals surface area (Å²) in [5, 5.41) is 7.80. The average Bonchev–Trinajstić information content (AvgIpc) is 3.58. The Morgan fingerprint density at radius 3 is 2.79 bits per heavy atom. The van der Waals surface area contributed by atoms with Crippen molar-refractivity contribution in [3.8, 4) is 17.0 Å². The van der Waals surface area contributed by atoms with Crippen LogP contribution in [0.5, 0.6) is 5.75 Å². The van der Waals surface area contributed by atoms with Crippen LogP contribution in [-0.2, 0) is 26.6 Å². The third-order valence-electron chi connectivity index (χ3n) is 5.85. The molecule has 0 aliphatic carbocycles. The predicted octanol–water partition coefficient (Wildman–Crippen LogP) is 4.74. The summed E-state index contributed by atoms with van der Waals surface area (Å²) in [6, 6.07) is 14.4. The molecule has 4 aromatic rings. The topological polar surface area (TPSA) is 113 Å². The van der Waals surface area contributed by atoms with E-state index in [1.54, 1.807) is 48.4 Å². The van der Waals surface area contributed by atoms with Gasteiger partial charge in [0.25, 0.3) is 0 Å². The first-order chi connectivity index (χ1) is 18.4. The lowest BCUT2D eigenvalue weighted by molar-refractivity contribution is -0.190. The normalized spacial score (nSPS) is 18.9. The van der Waals surface area contributed by atoms with Crippen LogP contribution in [-0.4, -0.2) is 50.0 Å². The van der Waals surface area contributed by atoms with Crippen molar-refractivity contribution in [3.05, 3.63) is 83.0 Å². The van der Waals surface area contributed by atoms with Gasteiger partial charge < -0.3 is 14.2 Å². The van der Waals surface area contributed by atoms with Crippen molar-refractivity contribution in [2.45, 2.75) is 31.8 Å². The number of hydrogen-bond acceptors (Lipinski definition) is 8. The minimum Gasteiger partial charge on any atom is -0.491 e. The van der Waals surface area contributed by atoms with E-state index in [-0.39, 0.29) is 31.1 Å². The molecule has 0 radical (unpaired) electrons. The largest absolute Gasteiger partial charge is 0.491 e. The highest BCUT2D eigenvalue weighted by Gasteiger charge is 2.45. The molecule has 0 spiro atoms. The molecule has 10 nitrogen and oxygen atoms in total. The molecular formula is C26H24Cl2N6O4. The Bertz CT molecular complexity index is 1400. The first kappa shape index (κ1) is 26.1. The number of anilines is 1. The molecule has 1 saturated heterocycles. The molecule has 1 aliphatic heterocycles.